The molecule has 25 heavy (non-hydrogen) atoms. The van der Waals surface area contributed by atoms with E-state index in [1.165, 1.54) is 10.4 Å². The van der Waals surface area contributed by atoms with Gasteiger partial charge in [-0.05, 0) is 37.8 Å². The normalized spacial score (nSPS) is 19.3. The van der Waals surface area contributed by atoms with Gasteiger partial charge in [0.25, 0.3) is 5.91 Å². The number of rotatable bonds is 4. The molecule has 6 heteroatoms. The van der Waals surface area contributed by atoms with Crippen molar-refractivity contribution in [2.75, 3.05) is 39.4 Å². The van der Waals surface area contributed by atoms with Gasteiger partial charge in [-0.3, -0.25) is 9.59 Å². The van der Waals surface area contributed by atoms with Crippen molar-refractivity contribution in [3.05, 3.63) is 21.4 Å². The molecule has 0 N–H and O–H groups in total. The van der Waals surface area contributed by atoms with Crippen molar-refractivity contribution in [3.8, 4) is 0 Å². The summed E-state index contributed by atoms with van der Waals surface area (Å²) in [5.41, 5.74) is 1.30. The summed E-state index contributed by atoms with van der Waals surface area (Å²) in [6.07, 6.45) is 3.67. The Bertz CT molecular complexity index is 614. The first kappa shape index (κ1) is 18.4. The second kappa shape index (κ2) is 8.32. The lowest BCUT2D eigenvalue weighted by Crippen LogP contribution is -2.47. The Kier molecular flexibility index (Phi) is 6.12. The van der Waals surface area contributed by atoms with Crippen LogP contribution in [-0.4, -0.2) is 61.0 Å². The van der Waals surface area contributed by atoms with Gasteiger partial charge in [-0.1, -0.05) is 13.3 Å². The second-order valence-corrected chi connectivity index (χ2v) is 8.20. The Hall–Kier alpha value is -1.40. The van der Waals surface area contributed by atoms with E-state index in [0.717, 1.165) is 30.6 Å². The number of ether oxygens (including phenoxy) is 1. The third-order valence-electron chi connectivity index (χ3n) is 5.20. The van der Waals surface area contributed by atoms with E-state index in [9.17, 15) is 9.59 Å². The molecule has 2 aliphatic rings. The summed E-state index contributed by atoms with van der Waals surface area (Å²) in [5.74, 6) is 0.434. The molecule has 1 aromatic heterocycles. The standard InChI is InChI=1S/C19H28N2O3S/c1-3-4-16-13-17(25-14(16)2)19(23)20-7-5-15(6-8-20)18(22)21-9-11-24-12-10-21/h13,15H,3-12H2,1-2H3. The van der Waals surface area contributed by atoms with Gasteiger partial charge in [-0.2, -0.15) is 0 Å². The number of carbonyl (C=O) groups is 2. The van der Waals surface area contributed by atoms with Crippen LogP contribution in [-0.2, 0) is 16.0 Å². The Morgan fingerprint density at radius 3 is 2.48 bits per heavy atom. The number of morpholine rings is 1. The van der Waals surface area contributed by atoms with Crippen molar-refractivity contribution in [2.45, 2.75) is 39.5 Å². The first-order valence-electron chi connectivity index (χ1n) is 9.35. The summed E-state index contributed by atoms with van der Waals surface area (Å²) in [6, 6.07) is 2.07. The van der Waals surface area contributed by atoms with Crippen molar-refractivity contribution in [1.29, 1.82) is 0 Å². The van der Waals surface area contributed by atoms with E-state index in [1.54, 1.807) is 11.3 Å². The highest BCUT2D eigenvalue weighted by molar-refractivity contribution is 7.14. The summed E-state index contributed by atoms with van der Waals surface area (Å²) in [4.78, 5) is 31.3. The van der Waals surface area contributed by atoms with Gasteiger partial charge in [-0.25, -0.2) is 0 Å². The van der Waals surface area contributed by atoms with Crippen LogP contribution in [0.2, 0.25) is 0 Å². The summed E-state index contributed by atoms with van der Waals surface area (Å²) in [5, 5.41) is 0. The monoisotopic (exact) mass is 364 g/mol. The van der Waals surface area contributed by atoms with Crippen LogP contribution in [0.4, 0.5) is 0 Å². The summed E-state index contributed by atoms with van der Waals surface area (Å²) >= 11 is 1.61. The van der Waals surface area contributed by atoms with Gasteiger partial charge in [0.1, 0.15) is 0 Å². The number of amides is 2. The minimum atomic E-state index is 0.0582. The van der Waals surface area contributed by atoms with Gasteiger partial charge in [0.15, 0.2) is 0 Å². The number of likely N-dealkylation sites (tertiary alicyclic amines) is 1. The Morgan fingerprint density at radius 1 is 1.16 bits per heavy atom. The van der Waals surface area contributed by atoms with Crippen LogP contribution in [0.1, 0.15) is 46.3 Å². The number of hydrogen-bond acceptors (Lipinski definition) is 4. The molecule has 0 atom stereocenters. The number of hydrogen-bond donors (Lipinski definition) is 0. The van der Waals surface area contributed by atoms with Gasteiger partial charge in [0.2, 0.25) is 5.91 Å². The minimum absolute atomic E-state index is 0.0582. The SMILES string of the molecule is CCCc1cc(C(=O)N2CCC(C(=O)N3CCOCC3)CC2)sc1C. The number of aryl methyl sites for hydroxylation is 2. The molecule has 3 heterocycles. The average Bonchev–Trinajstić information content (AvgIpc) is 3.02. The van der Waals surface area contributed by atoms with E-state index in [0.29, 0.717) is 39.4 Å². The highest BCUT2D eigenvalue weighted by Gasteiger charge is 2.31. The maximum atomic E-state index is 12.8. The lowest BCUT2D eigenvalue weighted by Gasteiger charge is -2.35. The van der Waals surface area contributed by atoms with Crippen LogP contribution in [0.25, 0.3) is 0 Å². The molecular weight excluding hydrogens is 336 g/mol. The van der Waals surface area contributed by atoms with Gasteiger partial charge < -0.3 is 14.5 Å². The maximum Gasteiger partial charge on any atom is 0.263 e. The molecule has 0 unspecified atom stereocenters. The van der Waals surface area contributed by atoms with Crippen molar-refractivity contribution in [2.24, 2.45) is 5.92 Å². The molecule has 2 aliphatic heterocycles. The molecule has 0 aliphatic carbocycles. The van der Waals surface area contributed by atoms with Gasteiger partial charge in [0, 0.05) is 37.0 Å². The zero-order valence-corrected chi connectivity index (χ0v) is 16.1. The Balaban J connectivity index is 1.55. The predicted octanol–water partition coefficient (Wildman–Crippen LogP) is 2.72. The highest BCUT2D eigenvalue weighted by Crippen LogP contribution is 2.27. The average molecular weight is 365 g/mol. The fourth-order valence-electron chi connectivity index (χ4n) is 3.67. The first-order valence-corrected chi connectivity index (χ1v) is 10.2. The second-order valence-electron chi connectivity index (χ2n) is 6.95. The molecule has 0 radical (unpaired) electrons. The van der Waals surface area contributed by atoms with E-state index < -0.39 is 0 Å². The summed E-state index contributed by atoms with van der Waals surface area (Å²) < 4.78 is 5.32. The lowest BCUT2D eigenvalue weighted by molar-refractivity contribution is -0.141. The van der Waals surface area contributed by atoms with Crippen LogP contribution >= 0.6 is 11.3 Å². The predicted molar refractivity (Wildman–Crippen MR) is 99.1 cm³/mol. The molecule has 0 saturated carbocycles. The summed E-state index contributed by atoms with van der Waals surface area (Å²) in [7, 11) is 0. The van der Waals surface area contributed by atoms with Gasteiger partial charge >= 0.3 is 0 Å². The van der Waals surface area contributed by atoms with Crippen LogP contribution < -0.4 is 0 Å². The van der Waals surface area contributed by atoms with Crippen LogP contribution in [0.3, 0.4) is 0 Å². The maximum absolute atomic E-state index is 12.8. The number of nitrogens with zero attached hydrogens (tertiary/aromatic N) is 2. The fraction of sp³-hybridized carbons (Fsp3) is 0.684. The number of carbonyl (C=O) groups excluding carboxylic acids is 2. The number of thiophene rings is 1. The van der Waals surface area contributed by atoms with E-state index in [1.807, 2.05) is 9.80 Å². The topological polar surface area (TPSA) is 49.9 Å². The quantitative estimate of drug-likeness (QED) is 0.825. The van der Waals surface area contributed by atoms with Gasteiger partial charge in [0.05, 0.1) is 18.1 Å². The number of piperidine rings is 1. The van der Waals surface area contributed by atoms with E-state index in [4.69, 9.17) is 4.74 Å². The molecule has 2 amide bonds. The summed E-state index contributed by atoms with van der Waals surface area (Å²) in [6.45, 7) is 8.30. The molecule has 3 rings (SSSR count). The third kappa shape index (κ3) is 4.23. The van der Waals surface area contributed by atoms with Crippen LogP contribution in [0, 0.1) is 12.8 Å². The molecule has 2 saturated heterocycles. The molecule has 0 bridgehead atoms. The van der Waals surface area contributed by atoms with Crippen molar-refractivity contribution < 1.29 is 14.3 Å². The van der Waals surface area contributed by atoms with Crippen LogP contribution in [0.15, 0.2) is 6.07 Å². The van der Waals surface area contributed by atoms with E-state index in [-0.39, 0.29) is 17.7 Å². The van der Waals surface area contributed by atoms with Crippen molar-refractivity contribution in [3.63, 3.8) is 0 Å². The first-order chi connectivity index (χ1) is 12.1. The minimum Gasteiger partial charge on any atom is -0.378 e. The zero-order chi connectivity index (χ0) is 17.8. The van der Waals surface area contributed by atoms with Crippen molar-refractivity contribution in [1.82, 2.24) is 9.80 Å². The van der Waals surface area contributed by atoms with E-state index >= 15 is 0 Å². The molecule has 5 nitrogen and oxygen atoms in total. The molecule has 0 aromatic carbocycles. The Labute approximate surface area is 153 Å². The lowest BCUT2D eigenvalue weighted by atomic mass is 9.95. The third-order valence-corrected chi connectivity index (χ3v) is 6.29. The molecule has 0 spiro atoms. The zero-order valence-electron chi connectivity index (χ0n) is 15.3. The van der Waals surface area contributed by atoms with E-state index in [2.05, 4.69) is 19.9 Å². The van der Waals surface area contributed by atoms with Crippen LogP contribution in [0.5, 0.6) is 0 Å². The van der Waals surface area contributed by atoms with Crippen molar-refractivity contribution >= 4 is 23.2 Å². The molecule has 138 valence electrons. The Morgan fingerprint density at radius 2 is 1.84 bits per heavy atom. The molecular formula is C19H28N2O3S. The fourth-order valence-corrected chi connectivity index (χ4v) is 4.71. The molecule has 2 fully saturated rings. The largest absolute Gasteiger partial charge is 0.378 e. The van der Waals surface area contributed by atoms with Gasteiger partial charge in [-0.15, -0.1) is 11.3 Å². The highest BCUT2D eigenvalue weighted by atomic mass is 32.1. The smallest absolute Gasteiger partial charge is 0.263 e. The molecule has 1 aromatic rings.